The Morgan fingerprint density at radius 2 is 1.54 bits per heavy atom. The van der Waals surface area contributed by atoms with Crippen molar-refractivity contribution in [3.8, 4) is 0 Å². The molecule has 0 fully saturated rings. The molecule has 2 aromatic carbocycles. The second-order valence-corrected chi connectivity index (χ2v) is 10.7. The molecule has 0 N–H and O–H groups in total. The molecule has 0 atom stereocenters. The standard InChI is InChI=1S/C27H33P/c1-22(17-18-26-23(2)12-11-20-27(26,3)4)19-21-28(24-13-7-5-8-14-24)25-15-9-6-10-16-25/h5-10,13-19H,11-12,20-21H2,1-4H3/b18-17+,22-19-. The van der Waals surface area contributed by atoms with E-state index < -0.39 is 0 Å². The number of rotatable bonds is 6. The van der Waals surface area contributed by atoms with E-state index in [4.69, 9.17) is 0 Å². The highest BCUT2D eigenvalue weighted by Crippen LogP contribution is 2.41. The van der Waals surface area contributed by atoms with Crippen LogP contribution in [0.3, 0.4) is 0 Å². The van der Waals surface area contributed by atoms with E-state index in [2.05, 4.69) is 107 Å². The van der Waals surface area contributed by atoms with Crippen LogP contribution in [-0.2, 0) is 0 Å². The zero-order valence-corrected chi connectivity index (χ0v) is 18.7. The molecule has 1 heteroatoms. The van der Waals surface area contributed by atoms with Crippen molar-refractivity contribution in [1.82, 2.24) is 0 Å². The molecule has 1 aliphatic rings. The van der Waals surface area contributed by atoms with Crippen LogP contribution in [0.25, 0.3) is 0 Å². The minimum absolute atomic E-state index is 0.305. The summed E-state index contributed by atoms with van der Waals surface area (Å²) in [7, 11) is -0.359. The summed E-state index contributed by atoms with van der Waals surface area (Å²) < 4.78 is 0. The first-order valence-electron chi connectivity index (χ1n) is 10.4. The van der Waals surface area contributed by atoms with E-state index in [-0.39, 0.29) is 7.92 Å². The quantitative estimate of drug-likeness (QED) is 0.364. The maximum Gasteiger partial charge on any atom is -0.00585 e. The molecule has 0 nitrogen and oxygen atoms in total. The molecule has 0 aliphatic heterocycles. The van der Waals surface area contributed by atoms with Crippen molar-refractivity contribution in [3.05, 3.63) is 95.6 Å². The molecule has 3 rings (SSSR count). The highest BCUT2D eigenvalue weighted by Gasteiger charge is 2.26. The highest BCUT2D eigenvalue weighted by molar-refractivity contribution is 7.73. The van der Waals surface area contributed by atoms with Gasteiger partial charge in [0.25, 0.3) is 0 Å². The lowest BCUT2D eigenvalue weighted by Gasteiger charge is -2.33. The predicted molar refractivity (Wildman–Crippen MR) is 127 cm³/mol. The summed E-state index contributed by atoms with van der Waals surface area (Å²) in [5.74, 6) is 0. The molecule has 146 valence electrons. The minimum atomic E-state index is -0.359. The van der Waals surface area contributed by atoms with Gasteiger partial charge < -0.3 is 0 Å². The molecular weight excluding hydrogens is 355 g/mol. The molecule has 0 radical (unpaired) electrons. The number of allylic oxidation sites excluding steroid dienone is 6. The third-order valence-corrected chi connectivity index (χ3v) is 8.18. The van der Waals surface area contributed by atoms with Crippen molar-refractivity contribution in [2.75, 3.05) is 6.16 Å². The molecule has 0 amide bonds. The zero-order valence-electron chi connectivity index (χ0n) is 17.8. The number of hydrogen-bond donors (Lipinski definition) is 0. The van der Waals surface area contributed by atoms with Crippen LogP contribution in [0, 0.1) is 5.41 Å². The van der Waals surface area contributed by atoms with Gasteiger partial charge in [0, 0.05) is 0 Å². The van der Waals surface area contributed by atoms with Crippen molar-refractivity contribution >= 4 is 18.5 Å². The van der Waals surface area contributed by atoms with Crippen LogP contribution >= 0.6 is 7.92 Å². The topological polar surface area (TPSA) is 0 Å². The average Bonchev–Trinajstić information content (AvgIpc) is 2.69. The molecule has 1 aliphatic carbocycles. The minimum Gasteiger partial charge on any atom is -0.0767 e. The smallest absolute Gasteiger partial charge is 0.00585 e. The van der Waals surface area contributed by atoms with Crippen LogP contribution in [0.15, 0.2) is 95.6 Å². The molecule has 2 aromatic rings. The van der Waals surface area contributed by atoms with E-state index >= 15 is 0 Å². The molecule has 0 bridgehead atoms. The summed E-state index contributed by atoms with van der Waals surface area (Å²) >= 11 is 0. The summed E-state index contributed by atoms with van der Waals surface area (Å²) in [4.78, 5) is 0. The predicted octanol–water partition coefficient (Wildman–Crippen LogP) is 7.15. The largest absolute Gasteiger partial charge is 0.0767 e. The van der Waals surface area contributed by atoms with Crippen molar-refractivity contribution in [3.63, 3.8) is 0 Å². The van der Waals surface area contributed by atoms with Gasteiger partial charge >= 0.3 is 0 Å². The Morgan fingerprint density at radius 3 is 2.07 bits per heavy atom. The second-order valence-electron chi connectivity index (χ2n) is 8.49. The van der Waals surface area contributed by atoms with Crippen LogP contribution in [-0.4, -0.2) is 6.16 Å². The van der Waals surface area contributed by atoms with E-state index in [1.165, 1.54) is 35.4 Å². The van der Waals surface area contributed by atoms with Crippen LogP contribution in [0.2, 0.25) is 0 Å². The van der Waals surface area contributed by atoms with Gasteiger partial charge in [-0.05, 0) is 68.8 Å². The SMILES string of the molecule is CC1=C(/C=C/C(C)=C\CP(c2ccccc2)c2ccccc2)C(C)(C)CCC1. The van der Waals surface area contributed by atoms with E-state index in [1.54, 1.807) is 11.1 Å². The Labute approximate surface area is 172 Å². The summed E-state index contributed by atoms with van der Waals surface area (Å²) in [6, 6.07) is 21.9. The van der Waals surface area contributed by atoms with Crippen molar-refractivity contribution in [2.24, 2.45) is 5.41 Å². The van der Waals surface area contributed by atoms with Crippen LogP contribution in [0.1, 0.15) is 47.0 Å². The first-order valence-corrected chi connectivity index (χ1v) is 11.9. The maximum absolute atomic E-state index is 2.42. The molecule has 0 heterocycles. The monoisotopic (exact) mass is 388 g/mol. The lowest BCUT2D eigenvalue weighted by molar-refractivity contribution is 0.377. The van der Waals surface area contributed by atoms with Gasteiger partial charge in [-0.1, -0.05) is 104 Å². The first-order chi connectivity index (χ1) is 13.5. The average molecular weight is 389 g/mol. The molecule has 0 saturated heterocycles. The van der Waals surface area contributed by atoms with Gasteiger partial charge in [0.05, 0.1) is 0 Å². The second kappa shape index (κ2) is 9.53. The van der Waals surface area contributed by atoms with E-state index in [0.717, 1.165) is 6.16 Å². The first kappa shape index (κ1) is 20.8. The van der Waals surface area contributed by atoms with Crippen LogP contribution in [0.5, 0.6) is 0 Å². The fourth-order valence-electron chi connectivity index (χ4n) is 4.10. The van der Waals surface area contributed by atoms with Gasteiger partial charge in [-0.15, -0.1) is 0 Å². The Hall–Kier alpha value is -1.91. The Bertz CT molecular complexity index is 814. The Kier molecular flexibility index (Phi) is 7.08. The lowest BCUT2D eigenvalue weighted by atomic mass is 9.72. The van der Waals surface area contributed by atoms with Gasteiger partial charge in [-0.3, -0.25) is 0 Å². The molecular formula is C27H33P. The molecule has 0 spiro atoms. The molecule has 28 heavy (non-hydrogen) atoms. The van der Waals surface area contributed by atoms with Gasteiger partial charge in [-0.2, -0.15) is 0 Å². The van der Waals surface area contributed by atoms with Crippen molar-refractivity contribution < 1.29 is 0 Å². The lowest BCUT2D eigenvalue weighted by Crippen LogP contribution is -2.19. The van der Waals surface area contributed by atoms with Gasteiger partial charge in [0.1, 0.15) is 0 Å². The van der Waals surface area contributed by atoms with E-state index in [1.807, 2.05) is 0 Å². The highest BCUT2D eigenvalue weighted by atomic mass is 31.1. The Morgan fingerprint density at radius 1 is 0.964 bits per heavy atom. The fraction of sp³-hybridized carbons (Fsp3) is 0.333. The summed E-state index contributed by atoms with van der Waals surface area (Å²) in [5, 5.41) is 2.90. The summed E-state index contributed by atoms with van der Waals surface area (Å²) in [6.45, 7) is 9.33. The summed E-state index contributed by atoms with van der Waals surface area (Å²) in [6.07, 6.45) is 12.1. The molecule has 0 saturated carbocycles. The number of benzene rings is 2. The van der Waals surface area contributed by atoms with Crippen LogP contribution in [0.4, 0.5) is 0 Å². The number of hydrogen-bond acceptors (Lipinski definition) is 0. The van der Waals surface area contributed by atoms with Gasteiger partial charge in [-0.25, -0.2) is 0 Å². The third kappa shape index (κ3) is 5.33. The molecule has 0 aromatic heterocycles. The normalized spacial score (nSPS) is 17.5. The van der Waals surface area contributed by atoms with E-state index in [0.29, 0.717) is 5.41 Å². The molecule has 0 unspecified atom stereocenters. The van der Waals surface area contributed by atoms with E-state index in [9.17, 15) is 0 Å². The van der Waals surface area contributed by atoms with Gasteiger partial charge in [0.15, 0.2) is 0 Å². The Balaban J connectivity index is 1.79. The van der Waals surface area contributed by atoms with Crippen molar-refractivity contribution in [1.29, 1.82) is 0 Å². The van der Waals surface area contributed by atoms with Crippen molar-refractivity contribution in [2.45, 2.75) is 47.0 Å². The maximum atomic E-state index is 2.42. The van der Waals surface area contributed by atoms with Crippen LogP contribution < -0.4 is 10.6 Å². The summed E-state index contributed by atoms with van der Waals surface area (Å²) in [5.41, 5.74) is 4.77. The third-order valence-electron chi connectivity index (χ3n) is 5.79. The fourth-order valence-corrected chi connectivity index (χ4v) is 6.36. The zero-order chi connectivity index (χ0) is 20.0. The van der Waals surface area contributed by atoms with Gasteiger partial charge in [0.2, 0.25) is 0 Å².